The maximum atomic E-state index is 11.9. The number of benzene rings is 3. The number of carbonyl (C=O) groups is 1. The Bertz CT molecular complexity index is 893. The van der Waals surface area contributed by atoms with Crippen molar-refractivity contribution in [1.29, 1.82) is 0 Å². The number of hydrazone groups is 1. The predicted octanol–water partition coefficient (Wildman–Crippen LogP) is 4.79. The quantitative estimate of drug-likeness (QED) is 0.470. The van der Waals surface area contributed by atoms with Gasteiger partial charge in [0.25, 0.3) is 5.91 Å². The van der Waals surface area contributed by atoms with Crippen molar-refractivity contribution in [3.63, 3.8) is 0 Å². The lowest BCUT2D eigenvalue weighted by Crippen LogP contribution is -2.17. The van der Waals surface area contributed by atoms with Crippen LogP contribution in [0.1, 0.15) is 21.5 Å². The first-order chi connectivity index (χ1) is 12.7. The van der Waals surface area contributed by atoms with E-state index in [0.717, 1.165) is 21.3 Å². The fraction of sp³-hybridized carbons (Fsp3) is 0.0476. The molecule has 3 rings (SSSR count). The molecule has 1 N–H and O–H groups in total. The van der Waals surface area contributed by atoms with Gasteiger partial charge in [-0.1, -0.05) is 58.4 Å². The van der Waals surface area contributed by atoms with Gasteiger partial charge in [-0.15, -0.1) is 0 Å². The maximum Gasteiger partial charge on any atom is 0.271 e. The normalized spacial score (nSPS) is 10.7. The lowest BCUT2D eigenvalue weighted by Gasteiger charge is -2.07. The number of ether oxygens (including phenoxy) is 1. The van der Waals surface area contributed by atoms with Crippen LogP contribution in [0.2, 0.25) is 0 Å². The molecule has 3 aromatic carbocycles. The van der Waals surface area contributed by atoms with E-state index in [1.54, 1.807) is 18.3 Å². The Morgan fingerprint density at radius 2 is 1.77 bits per heavy atom. The van der Waals surface area contributed by atoms with Crippen LogP contribution < -0.4 is 10.2 Å². The first-order valence-corrected chi connectivity index (χ1v) is 8.86. The van der Waals surface area contributed by atoms with E-state index in [0.29, 0.717) is 12.2 Å². The minimum atomic E-state index is -0.246. The van der Waals surface area contributed by atoms with Crippen LogP contribution in [0.3, 0.4) is 0 Å². The largest absolute Gasteiger partial charge is 0.489 e. The molecule has 0 unspecified atom stereocenters. The molecular formula is C21H17BrN2O2. The van der Waals surface area contributed by atoms with Crippen LogP contribution in [0.4, 0.5) is 0 Å². The number of amides is 1. The van der Waals surface area contributed by atoms with E-state index < -0.39 is 0 Å². The summed E-state index contributed by atoms with van der Waals surface area (Å²) in [6, 6.07) is 24.5. The van der Waals surface area contributed by atoms with Crippen molar-refractivity contribution in [1.82, 2.24) is 5.43 Å². The van der Waals surface area contributed by atoms with Crippen molar-refractivity contribution in [3.8, 4) is 5.75 Å². The Balaban J connectivity index is 1.56. The second-order valence-corrected chi connectivity index (χ2v) is 6.47. The summed E-state index contributed by atoms with van der Waals surface area (Å²) in [7, 11) is 0. The van der Waals surface area contributed by atoms with E-state index in [1.165, 1.54) is 0 Å². The van der Waals surface area contributed by atoms with Crippen molar-refractivity contribution in [2.75, 3.05) is 0 Å². The van der Waals surface area contributed by atoms with Gasteiger partial charge in [0.2, 0.25) is 0 Å². The molecule has 0 aliphatic carbocycles. The zero-order chi connectivity index (χ0) is 18.2. The van der Waals surface area contributed by atoms with Gasteiger partial charge in [-0.25, -0.2) is 5.43 Å². The average molecular weight is 409 g/mol. The lowest BCUT2D eigenvalue weighted by atomic mass is 10.2. The highest BCUT2D eigenvalue weighted by Crippen LogP contribution is 2.16. The van der Waals surface area contributed by atoms with E-state index in [4.69, 9.17) is 4.74 Å². The van der Waals surface area contributed by atoms with Gasteiger partial charge in [0, 0.05) is 10.0 Å². The molecule has 0 atom stereocenters. The predicted molar refractivity (Wildman–Crippen MR) is 106 cm³/mol. The number of hydrogen-bond donors (Lipinski definition) is 1. The zero-order valence-electron chi connectivity index (χ0n) is 13.9. The van der Waals surface area contributed by atoms with E-state index in [2.05, 4.69) is 26.5 Å². The molecule has 0 saturated carbocycles. The van der Waals surface area contributed by atoms with E-state index in [9.17, 15) is 4.79 Å². The Labute approximate surface area is 160 Å². The molecule has 5 heteroatoms. The van der Waals surface area contributed by atoms with Crippen LogP contribution >= 0.6 is 15.9 Å². The molecule has 0 saturated heterocycles. The zero-order valence-corrected chi connectivity index (χ0v) is 15.5. The first-order valence-electron chi connectivity index (χ1n) is 8.06. The van der Waals surface area contributed by atoms with Crippen LogP contribution in [-0.2, 0) is 6.61 Å². The molecule has 130 valence electrons. The summed E-state index contributed by atoms with van der Waals surface area (Å²) in [6.07, 6.45) is 1.59. The van der Waals surface area contributed by atoms with Gasteiger partial charge in [-0.2, -0.15) is 5.10 Å². The number of carbonyl (C=O) groups excluding carboxylic acids is 1. The summed E-state index contributed by atoms with van der Waals surface area (Å²) >= 11 is 3.41. The Kier molecular flexibility index (Phi) is 6.17. The van der Waals surface area contributed by atoms with Crippen LogP contribution in [0.5, 0.6) is 5.75 Å². The number of rotatable bonds is 6. The van der Waals surface area contributed by atoms with Gasteiger partial charge in [0.15, 0.2) is 0 Å². The summed E-state index contributed by atoms with van der Waals surface area (Å²) in [5.74, 6) is 0.496. The highest BCUT2D eigenvalue weighted by Gasteiger charge is 2.02. The third kappa shape index (κ3) is 5.29. The fourth-order valence-electron chi connectivity index (χ4n) is 2.25. The lowest BCUT2D eigenvalue weighted by molar-refractivity contribution is 0.0955. The third-order valence-corrected chi connectivity index (χ3v) is 4.12. The van der Waals surface area contributed by atoms with E-state index in [-0.39, 0.29) is 5.91 Å². The Hall–Kier alpha value is -2.92. The van der Waals surface area contributed by atoms with Crippen LogP contribution in [0.25, 0.3) is 0 Å². The third-order valence-electron chi connectivity index (χ3n) is 3.59. The second kappa shape index (κ2) is 8.97. The molecule has 0 aliphatic rings. The fourth-order valence-corrected chi connectivity index (χ4v) is 2.52. The van der Waals surface area contributed by atoms with Crippen molar-refractivity contribution < 1.29 is 9.53 Å². The molecule has 4 nitrogen and oxygen atoms in total. The monoisotopic (exact) mass is 408 g/mol. The van der Waals surface area contributed by atoms with Crippen molar-refractivity contribution in [2.45, 2.75) is 6.61 Å². The van der Waals surface area contributed by atoms with Crippen molar-refractivity contribution in [2.24, 2.45) is 5.10 Å². The number of nitrogens with zero attached hydrogens (tertiary/aromatic N) is 1. The average Bonchev–Trinajstić information content (AvgIpc) is 2.68. The van der Waals surface area contributed by atoms with Gasteiger partial charge in [-0.3, -0.25) is 4.79 Å². The van der Waals surface area contributed by atoms with Crippen LogP contribution in [0, 0.1) is 0 Å². The summed E-state index contributed by atoms with van der Waals surface area (Å²) in [6.45, 7) is 0.485. The molecule has 0 aromatic heterocycles. The van der Waals surface area contributed by atoms with Gasteiger partial charge in [-0.05, 0) is 47.5 Å². The Morgan fingerprint density at radius 1 is 1.00 bits per heavy atom. The minimum Gasteiger partial charge on any atom is -0.489 e. The van der Waals surface area contributed by atoms with E-state index in [1.807, 2.05) is 66.7 Å². The van der Waals surface area contributed by atoms with Gasteiger partial charge in [0.1, 0.15) is 12.4 Å². The highest BCUT2D eigenvalue weighted by atomic mass is 79.9. The molecule has 0 radical (unpaired) electrons. The molecule has 3 aromatic rings. The Morgan fingerprint density at radius 3 is 2.54 bits per heavy atom. The summed E-state index contributed by atoms with van der Waals surface area (Å²) in [5, 5.41) is 4.00. The molecule has 1 amide bonds. The van der Waals surface area contributed by atoms with Gasteiger partial charge < -0.3 is 4.74 Å². The smallest absolute Gasteiger partial charge is 0.271 e. The van der Waals surface area contributed by atoms with Gasteiger partial charge >= 0.3 is 0 Å². The van der Waals surface area contributed by atoms with Crippen molar-refractivity contribution in [3.05, 3.63) is 100 Å². The molecule has 0 bridgehead atoms. The van der Waals surface area contributed by atoms with Gasteiger partial charge in [0.05, 0.1) is 6.21 Å². The molecular weight excluding hydrogens is 392 g/mol. The summed E-state index contributed by atoms with van der Waals surface area (Å²) in [5.41, 5.74) is 5.01. The highest BCUT2D eigenvalue weighted by molar-refractivity contribution is 9.10. The number of hydrogen-bond acceptors (Lipinski definition) is 3. The molecule has 0 spiro atoms. The maximum absolute atomic E-state index is 11.9. The standard InChI is InChI=1S/C21H17BrN2O2/c22-19-11-9-16(10-12-19)15-26-20-8-4-5-17(13-20)14-23-24-21(25)18-6-2-1-3-7-18/h1-14H,15H2,(H,24,25)/b23-14-. The first kappa shape index (κ1) is 17.9. The van der Waals surface area contributed by atoms with Crippen molar-refractivity contribution >= 4 is 28.1 Å². The summed E-state index contributed by atoms with van der Waals surface area (Å²) in [4.78, 5) is 11.9. The van der Waals surface area contributed by atoms with Crippen LogP contribution in [-0.4, -0.2) is 12.1 Å². The minimum absolute atomic E-state index is 0.246. The topological polar surface area (TPSA) is 50.7 Å². The summed E-state index contributed by atoms with van der Waals surface area (Å²) < 4.78 is 6.84. The van der Waals surface area contributed by atoms with Crippen LogP contribution in [0.15, 0.2) is 88.4 Å². The SMILES string of the molecule is O=C(N/N=C\c1cccc(OCc2ccc(Br)cc2)c1)c1ccccc1. The van der Waals surface area contributed by atoms with E-state index >= 15 is 0 Å². The molecule has 26 heavy (non-hydrogen) atoms. The molecule has 0 fully saturated rings. The number of halogens is 1. The molecule has 0 heterocycles. The molecule has 0 aliphatic heterocycles. The number of nitrogens with one attached hydrogen (secondary N) is 1. The second-order valence-electron chi connectivity index (χ2n) is 5.55.